The summed E-state index contributed by atoms with van der Waals surface area (Å²) in [6.07, 6.45) is 4.97. The number of hydrogen-bond donors (Lipinski definition) is 1. The van der Waals surface area contributed by atoms with Crippen LogP contribution in [-0.2, 0) is 14.8 Å². The molecule has 1 aliphatic rings. The Morgan fingerprint density at radius 2 is 1.86 bits per heavy atom. The van der Waals surface area contributed by atoms with Crippen LogP contribution < -0.4 is 5.43 Å². The molecule has 9 nitrogen and oxygen atoms in total. The first-order valence-corrected chi connectivity index (χ1v) is 10.3. The van der Waals surface area contributed by atoms with E-state index in [1.165, 1.54) is 22.7 Å². The first-order valence-electron chi connectivity index (χ1n) is 8.85. The fourth-order valence-electron chi connectivity index (χ4n) is 2.72. The topological polar surface area (TPSA) is 114 Å². The first-order chi connectivity index (χ1) is 14.0. The van der Waals surface area contributed by atoms with Gasteiger partial charge in [0.15, 0.2) is 0 Å². The molecule has 3 rings (SSSR count). The van der Waals surface area contributed by atoms with Gasteiger partial charge in [0.05, 0.1) is 23.0 Å². The van der Waals surface area contributed by atoms with E-state index < -0.39 is 14.9 Å². The van der Waals surface area contributed by atoms with Crippen LogP contribution in [0.25, 0.3) is 6.08 Å². The fraction of sp³-hybridized carbons (Fsp3) is 0.211. The average molecular weight is 416 g/mol. The van der Waals surface area contributed by atoms with Gasteiger partial charge in [-0.1, -0.05) is 36.4 Å². The molecule has 152 valence electrons. The monoisotopic (exact) mass is 416 g/mol. The summed E-state index contributed by atoms with van der Waals surface area (Å²) >= 11 is 0. The van der Waals surface area contributed by atoms with E-state index >= 15 is 0 Å². The molecule has 0 amide bonds. The number of nitro groups is 1. The molecule has 2 aromatic rings. The molecular weight excluding hydrogens is 396 g/mol. The third kappa shape index (κ3) is 5.25. The number of allylic oxidation sites excluding steroid dienone is 1. The number of nitrogens with one attached hydrogen (secondary N) is 1. The van der Waals surface area contributed by atoms with Crippen LogP contribution in [-0.4, -0.2) is 50.2 Å². The van der Waals surface area contributed by atoms with E-state index in [1.54, 1.807) is 6.08 Å². The molecule has 1 heterocycles. The van der Waals surface area contributed by atoms with Gasteiger partial charge in [-0.05, 0) is 23.8 Å². The molecule has 0 aromatic heterocycles. The van der Waals surface area contributed by atoms with E-state index in [0.29, 0.717) is 13.2 Å². The highest BCUT2D eigenvalue weighted by molar-refractivity contribution is 7.89. The van der Waals surface area contributed by atoms with Gasteiger partial charge in [-0.25, -0.2) is 8.42 Å². The molecule has 1 N–H and O–H groups in total. The zero-order valence-electron chi connectivity index (χ0n) is 15.5. The molecule has 1 saturated heterocycles. The van der Waals surface area contributed by atoms with E-state index in [0.717, 1.165) is 11.6 Å². The Kier molecular flexibility index (Phi) is 6.70. The highest BCUT2D eigenvalue weighted by atomic mass is 32.2. The molecule has 0 unspecified atom stereocenters. The summed E-state index contributed by atoms with van der Waals surface area (Å²) in [4.78, 5) is 10.6. The molecule has 1 fully saturated rings. The van der Waals surface area contributed by atoms with Crippen LogP contribution >= 0.6 is 0 Å². The van der Waals surface area contributed by atoms with Crippen molar-refractivity contribution in [3.63, 3.8) is 0 Å². The van der Waals surface area contributed by atoms with Crippen LogP contribution in [0.1, 0.15) is 5.56 Å². The van der Waals surface area contributed by atoms with Gasteiger partial charge in [0.25, 0.3) is 5.69 Å². The number of benzene rings is 2. The molecule has 29 heavy (non-hydrogen) atoms. The maximum Gasteiger partial charge on any atom is 0.295 e. The standard InChI is InChI=1S/C19H20N4O5S/c24-23(25)19-15-17(29(26,27)22-11-13-28-14-12-22)8-9-18(19)21-20-10-4-7-16-5-2-1-3-6-16/h1-10,15,21H,11-14H2. The molecule has 0 aliphatic carbocycles. The minimum atomic E-state index is -3.82. The Labute approximate surface area is 168 Å². The molecule has 0 saturated carbocycles. The third-order valence-electron chi connectivity index (χ3n) is 4.21. The van der Waals surface area contributed by atoms with Gasteiger partial charge in [-0.15, -0.1) is 0 Å². The largest absolute Gasteiger partial charge is 0.379 e. The minimum Gasteiger partial charge on any atom is -0.379 e. The van der Waals surface area contributed by atoms with Crippen molar-refractivity contribution < 1.29 is 18.1 Å². The van der Waals surface area contributed by atoms with Crippen molar-refractivity contribution in [1.82, 2.24) is 4.31 Å². The predicted molar refractivity (Wildman–Crippen MR) is 110 cm³/mol. The Bertz CT molecular complexity index is 1020. The van der Waals surface area contributed by atoms with Gasteiger partial charge < -0.3 is 4.74 Å². The number of nitrogens with zero attached hydrogens (tertiary/aromatic N) is 3. The Hall–Kier alpha value is -3.08. The second kappa shape index (κ2) is 9.41. The summed E-state index contributed by atoms with van der Waals surface area (Å²) in [5.74, 6) is 0. The predicted octanol–water partition coefficient (Wildman–Crippen LogP) is 2.73. The van der Waals surface area contributed by atoms with Crippen LogP contribution in [0.5, 0.6) is 0 Å². The lowest BCUT2D eigenvalue weighted by Crippen LogP contribution is -2.40. The summed E-state index contributed by atoms with van der Waals surface area (Å²) in [6, 6.07) is 13.3. The van der Waals surface area contributed by atoms with Crippen molar-refractivity contribution in [2.75, 3.05) is 31.7 Å². The minimum absolute atomic E-state index is 0.0975. The summed E-state index contributed by atoms with van der Waals surface area (Å²) in [6.45, 7) is 1.03. The lowest BCUT2D eigenvalue weighted by atomic mass is 10.2. The van der Waals surface area contributed by atoms with E-state index in [4.69, 9.17) is 4.74 Å². The first kappa shape index (κ1) is 20.6. The number of anilines is 1. The maximum absolute atomic E-state index is 12.7. The van der Waals surface area contributed by atoms with Crippen molar-refractivity contribution in [3.05, 3.63) is 70.3 Å². The van der Waals surface area contributed by atoms with E-state index in [9.17, 15) is 18.5 Å². The van der Waals surface area contributed by atoms with Crippen molar-refractivity contribution >= 4 is 33.7 Å². The van der Waals surface area contributed by atoms with Gasteiger partial charge in [-0.3, -0.25) is 15.5 Å². The molecule has 10 heteroatoms. The normalized spacial score (nSPS) is 15.7. The lowest BCUT2D eigenvalue weighted by molar-refractivity contribution is -0.384. The van der Waals surface area contributed by atoms with Gasteiger partial charge >= 0.3 is 0 Å². The van der Waals surface area contributed by atoms with Crippen molar-refractivity contribution in [1.29, 1.82) is 0 Å². The van der Waals surface area contributed by atoms with E-state index in [-0.39, 0.29) is 29.4 Å². The molecule has 0 bridgehead atoms. The van der Waals surface area contributed by atoms with Crippen LogP contribution in [0, 0.1) is 10.1 Å². The Morgan fingerprint density at radius 3 is 2.55 bits per heavy atom. The fourth-order valence-corrected chi connectivity index (χ4v) is 4.15. The molecule has 0 radical (unpaired) electrons. The Balaban J connectivity index is 1.75. The van der Waals surface area contributed by atoms with Gasteiger partial charge in [-0.2, -0.15) is 9.41 Å². The highest BCUT2D eigenvalue weighted by Crippen LogP contribution is 2.29. The number of ether oxygens (including phenoxy) is 1. The number of sulfonamides is 1. The molecule has 0 atom stereocenters. The third-order valence-corrected chi connectivity index (χ3v) is 6.10. The number of hydrazone groups is 1. The van der Waals surface area contributed by atoms with Crippen molar-refractivity contribution in [3.8, 4) is 0 Å². The highest BCUT2D eigenvalue weighted by Gasteiger charge is 2.28. The molecule has 0 spiro atoms. The van der Waals surface area contributed by atoms with E-state index in [1.807, 2.05) is 36.4 Å². The summed E-state index contributed by atoms with van der Waals surface area (Å²) < 4.78 is 31.8. The number of rotatable bonds is 7. The molecular formula is C19H20N4O5S. The molecule has 2 aromatic carbocycles. The van der Waals surface area contributed by atoms with Crippen LogP contribution in [0.15, 0.2) is 64.6 Å². The van der Waals surface area contributed by atoms with Crippen molar-refractivity contribution in [2.24, 2.45) is 5.10 Å². The summed E-state index contributed by atoms with van der Waals surface area (Å²) in [7, 11) is -3.82. The second-order valence-electron chi connectivity index (χ2n) is 6.11. The number of hydrogen-bond acceptors (Lipinski definition) is 7. The zero-order chi connectivity index (χ0) is 20.7. The summed E-state index contributed by atoms with van der Waals surface area (Å²) in [5.41, 5.74) is 3.30. The van der Waals surface area contributed by atoms with E-state index in [2.05, 4.69) is 10.5 Å². The van der Waals surface area contributed by atoms with Crippen molar-refractivity contribution in [2.45, 2.75) is 4.90 Å². The van der Waals surface area contributed by atoms with Crippen LogP contribution in [0.4, 0.5) is 11.4 Å². The zero-order valence-corrected chi connectivity index (χ0v) is 16.3. The number of morpholine rings is 1. The smallest absolute Gasteiger partial charge is 0.295 e. The maximum atomic E-state index is 12.7. The van der Waals surface area contributed by atoms with Gasteiger partial charge in [0.2, 0.25) is 10.0 Å². The lowest BCUT2D eigenvalue weighted by Gasteiger charge is -2.26. The van der Waals surface area contributed by atoms with Crippen LogP contribution in [0.2, 0.25) is 0 Å². The second-order valence-corrected chi connectivity index (χ2v) is 8.05. The SMILES string of the molecule is O=[N+]([O-])c1cc(S(=O)(=O)N2CCOCC2)ccc1NN=CC=Cc1ccccc1. The average Bonchev–Trinajstić information content (AvgIpc) is 2.74. The Morgan fingerprint density at radius 1 is 1.14 bits per heavy atom. The quantitative estimate of drug-likeness (QED) is 0.422. The number of nitro benzene ring substituents is 1. The van der Waals surface area contributed by atoms with Gasteiger partial charge in [0, 0.05) is 25.4 Å². The van der Waals surface area contributed by atoms with Crippen LogP contribution in [0.3, 0.4) is 0 Å². The molecule has 1 aliphatic heterocycles. The van der Waals surface area contributed by atoms with Gasteiger partial charge in [0.1, 0.15) is 5.69 Å². The summed E-state index contributed by atoms with van der Waals surface area (Å²) in [5, 5.41) is 15.4.